The van der Waals surface area contributed by atoms with E-state index in [4.69, 9.17) is 6.57 Å². The number of nitrogens with one attached hydrogen (secondary N) is 1. The largest absolute Gasteiger partial charge is 0.416 e. The van der Waals surface area contributed by atoms with Crippen molar-refractivity contribution in [1.82, 2.24) is 23.0 Å². The monoisotopic (exact) mass is 528 g/mol. The van der Waals surface area contributed by atoms with Gasteiger partial charge in [0.25, 0.3) is 0 Å². The third-order valence-corrected chi connectivity index (χ3v) is 7.37. The molecular formula is C24H19F3N6O3S. The molecule has 9 nitrogen and oxygen atoms in total. The first kappa shape index (κ1) is 24.5. The highest BCUT2D eigenvalue weighted by Crippen LogP contribution is 2.33. The maximum Gasteiger partial charge on any atom is 0.416 e. The average molecular weight is 529 g/mol. The van der Waals surface area contributed by atoms with Gasteiger partial charge in [0, 0.05) is 6.04 Å². The summed E-state index contributed by atoms with van der Waals surface area (Å²) >= 11 is 0. The average Bonchev–Trinajstić information content (AvgIpc) is 3.44. The summed E-state index contributed by atoms with van der Waals surface area (Å²) in [6, 6.07) is 11.7. The molecule has 1 N–H and O–H groups in total. The SMILES string of the molecule is [C-]#[N+]c1ccc(-n2nccc2-c2c(C)n(-c3cccc(C(F)(F)F)c3)c(=O)n2S(=O)(=O)NC2CC2)cc1. The molecule has 2 aromatic carbocycles. The van der Waals surface area contributed by atoms with E-state index in [2.05, 4.69) is 14.7 Å². The van der Waals surface area contributed by atoms with E-state index < -0.39 is 27.6 Å². The molecule has 190 valence electrons. The molecule has 0 atom stereocenters. The maximum atomic E-state index is 13.6. The molecule has 1 saturated carbocycles. The number of halogens is 3. The van der Waals surface area contributed by atoms with Gasteiger partial charge >= 0.3 is 22.1 Å². The minimum Gasteiger partial charge on any atom is -0.264 e. The Balaban J connectivity index is 1.77. The molecule has 0 spiro atoms. The first-order valence-electron chi connectivity index (χ1n) is 11.1. The van der Waals surface area contributed by atoms with Gasteiger partial charge in [-0.05, 0) is 56.2 Å². The lowest BCUT2D eigenvalue weighted by molar-refractivity contribution is -0.137. The summed E-state index contributed by atoms with van der Waals surface area (Å²) in [7, 11) is -4.41. The van der Waals surface area contributed by atoms with Crippen LogP contribution in [0.15, 0.2) is 65.6 Å². The predicted octanol–water partition coefficient (Wildman–Crippen LogP) is 4.21. The smallest absolute Gasteiger partial charge is 0.264 e. The van der Waals surface area contributed by atoms with E-state index in [-0.39, 0.29) is 28.8 Å². The molecule has 37 heavy (non-hydrogen) atoms. The van der Waals surface area contributed by atoms with E-state index in [1.165, 1.54) is 29.9 Å². The van der Waals surface area contributed by atoms with Gasteiger partial charge in [0.2, 0.25) is 0 Å². The van der Waals surface area contributed by atoms with E-state index in [9.17, 15) is 26.4 Å². The van der Waals surface area contributed by atoms with Crippen molar-refractivity contribution in [3.05, 3.63) is 94.0 Å². The van der Waals surface area contributed by atoms with Crippen molar-refractivity contribution in [3.8, 4) is 22.8 Å². The zero-order chi connectivity index (χ0) is 26.5. The molecular weight excluding hydrogens is 509 g/mol. The van der Waals surface area contributed by atoms with Crippen LogP contribution in [0, 0.1) is 13.5 Å². The highest BCUT2D eigenvalue weighted by molar-refractivity contribution is 7.88. The van der Waals surface area contributed by atoms with Crippen LogP contribution < -0.4 is 10.4 Å². The van der Waals surface area contributed by atoms with Gasteiger partial charge in [-0.15, -0.1) is 0 Å². The van der Waals surface area contributed by atoms with E-state index in [0.717, 1.165) is 22.8 Å². The van der Waals surface area contributed by atoms with Gasteiger partial charge in [-0.2, -0.15) is 35.4 Å². The number of rotatable bonds is 6. The zero-order valence-electron chi connectivity index (χ0n) is 19.3. The lowest BCUT2D eigenvalue weighted by Crippen LogP contribution is -2.39. The summed E-state index contributed by atoms with van der Waals surface area (Å²) < 4.78 is 72.3. The summed E-state index contributed by atoms with van der Waals surface area (Å²) in [5, 5.41) is 4.26. The van der Waals surface area contributed by atoms with Crippen molar-refractivity contribution in [3.63, 3.8) is 0 Å². The summed E-state index contributed by atoms with van der Waals surface area (Å²) in [4.78, 5) is 17.0. The first-order chi connectivity index (χ1) is 17.5. The first-order valence-corrected chi connectivity index (χ1v) is 12.5. The molecule has 0 bridgehead atoms. The van der Waals surface area contributed by atoms with Crippen LogP contribution in [0.2, 0.25) is 0 Å². The molecule has 2 aromatic heterocycles. The van der Waals surface area contributed by atoms with Crippen molar-refractivity contribution in [2.24, 2.45) is 0 Å². The Hall–Kier alpha value is -4.15. The van der Waals surface area contributed by atoms with Crippen LogP contribution in [0.1, 0.15) is 24.1 Å². The number of hydrogen-bond acceptors (Lipinski definition) is 4. The van der Waals surface area contributed by atoms with Gasteiger partial charge in [-0.3, -0.25) is 4.57 Å². The topological polar surface area (TPSA) is 95.3 Å². The second-order valence-electron chi connectivity index (χ2n) is 8.52. The lowest BCUT2D eigenvalue weighted by atomic mass is 10.2. The molecule has 1 aliphatic carbocycles. The fourth-order valence-corrected chi connectivity index (χ4v) is 5.56. The van der Waals surface area contributed by atoms with Crippen LogP contribution in [-0.2, 0) is 16.4 Å². The van der Waals surface area contributed by atoms with Crippen molar-refractivity contribution in [2.45, 2.75) is 32.0 Å². The van der Waals surface area contributed by atoms with Crippen LogP contribution in [0.4, 0.5) is 18.9 Å². The van der Waals surface area contributed by atoms with Crippen molar-refractivity contribution >= 4 is 15.9 Å². The lowest BCUT2D eigenvalue weighted by Gasteiger charge is -2.12. The van der Waals surface area contributed by atoms with Gasteiger partial charge in [0.15, 0.2) is 5.69 Å². The summed E-state index contributed by atoms with van der Waals surface area (Å²) in [5.41, 5.74) is -1.01. The van der Waals surface area contributed by atoms with E-state index in [0.29, 0.717) is 28.2 Å². The molecule has 1 aliphatic rings. The molecule has 1 fully saturated rings. The van der Waals surface area contributed by atoms with E-state index >= 15 is 0 Å². The molecule has 0 saturated heterocycles. The van der Waals surface area contributed by atoms with Gasteiger partial charge in [0.1, 0.15) is 5.69 Å². The molecule has 0 unspecified atom stereocenters. The summed E-state index contributed by atoms with van der Waals surface area (Å²) in [5.74, 6) is 0. The highest BCUT2D eigenvalue weighted by Gasteiger charge is 2.35. The second-order valence-corrected chi connectivity index (χ2v) is 10.1. The molecule has 4 aromatic rings. The number of nitrogens with zero attached hydrogens (tertiary/aromatic N) is 5. The highest BCUT2D eigenvalue weighted by atomic mass is 32.2. The molecule has 5 rings (SSSR count). The van der Waals surface area contributed by atoms with Crippen LogP contribution in [0.3, 0.4) is 0 Å². The number of alkyl halides is 3. The van der Waals surface area contributed by atoms with Gasteiger partial charge in [-0.1, -0.05) is 18.2 Å². The number of imidazole rings is 1. The Morgan fingerprint density at radius 2 is 1.78 bits per heavy atom. The van der Waals surface area contributed by atoms with Crippen molar-refractivity contribution < 1.29 is 21.6 Å². The van der Waals surface area contributed by atoms with Crippen molar-refractivity contribution in [1.29, 1.82) is 0 Å². The summed E-state index contributed by atoms with van der Waals surface area (Å²) in [6.07, 6.45) is -2.02. The molecule has 0 amide bonds. The van der Waals surface area contributed by atoms with Gasteiger partial charge < -0.3 is 0 Å². The van der Waals surface area contributed by atoms with Gasteiger partial charge in [0.05, 0.1) is 41.1 Å². The normalized spacial score (nSPS) is 14.0. The van der Waals surface area contributed by atoms with Crippen LogP contribution in [-0.4, -0.2) is 32.8 Å². The van der Waals surface area contributed by atoms with Gasteiger partial charge in [-0.25, -0.2) is 14.3 Å². The molecule has 13 heteroatoms. The number of benzene rings is 2. The van der Waals surface area contributed by atoms with Crippen LogP contribution >= 0.6 is 0 Å². The van der Waals surface area contributed by atoms with E-state index in [1.54, 1.807) is 24.3 Å². The molecule has 0 radical (unpaired) electrons. The Bertz CT molecular complexity index is 1710. The Kier molecular flexibility index (Phi) is 5.81. The van der Waals surface area contributed by atoms with E-state index in [1.807, 2.05) is 0 Å². The van der Waals surface area contributed by atoms with Crippen LogP contribution in [0.25, 0.3) is 27.6 Å². The minimum absolute atomic E-state index is 0.0534. The molecule has 0 aliphatic heterocycles. The summed E-state index contributed by atoms with van der Waals surface area (Å²) in [6.45, 7) is 8.59. The third kappa shape index (κ3) is 4.45. The fourth-order valence-electron chi connectivity index (χ4n) is 4.04. The second kappa shape index (κ2) is 8.75. The van der Waals surface area contributed by atoms with Crippen LogP contribution in [0.5, 0.6) is 0 Å². The Morgan fingerprint density at radius 3 is 2.41 bits per heavy atom. The van der Waals surface area contributed by atoms with Crippen molar-refractivity contribution in [2.75, 3.05) is 0 Å². The minimum atomic E-state index is -4.66. The quantitative estimate of drug-likeness (QED) is 0.379. The standard InChI is InChI=1S/C24H19F3N6O3S/c1-15-22(21-12-13-29-32(21)19-10-8-17(28-2)9-11-19)33(37(35,36)30-18-6-7-18)23(34)31(15)20-5-3-4-16(14-20)24(25,26)27/h3-5,8-14,18,30H,6-7H2,1H3. The Morgan fingerprint density at radius 1 is 1.08 bits per heavy atom. The third-order valence-electron chi connectivity index (χ3n) is 5.92. The zero-order valence-corrected chi connectivity index (χ0v) is 20.1. The maximum absolute atomic E-state index is 13.6. The molecule has 2 heterocycles. The number of hydrogen-bond donors (Lipinski definition) is 1. The fraction of sp³-hybridized carbons (Fsp3) is 0.208. The predicted molar refractivity (Wildman–Crippen MR) is 129 cm³/mol. The Labute approximate surface area is 209 Å². The number of aromatic nitrogens is 4.